The van der Waals surface area contributed by atoms with E-state index >= 15 is 0 Å². The van der Waals surface area contributed by atoms with Gasteiger partial charge in [-0.3, -0.25) is 4.57 Å². The first kappa shape index (κ1) is 17.7. The van der Waals surface area contributed by atoms with Crippen LogP contribution >= 0.6 is 11.8 Å². The van der Waals surface area contributed by atoms with Gasteiger partial charge in [-0.25, -0.2) is 0 Å². The van der Waals surface area contributed by atoms with Crippen molar-refractivity contribution in [1.82, 2.24) is 29.7 Å². The molecule has 4 rings (SSSR count). The van der Waals surface area contributed by atoms with Crippen LogP contribution in [0.1, 0.15) is 42.6 Å². The number of hydrogen-bond acceptors (Lipinski definition) is 8. The third-order valence-electron chi connectivity index (χ3n) is 4.32. The number of anilines is 2. The van der Waals surface area contributed by atoms with Crippen molar-refractivity contribution in [2.24, 2.45) is 0 Å². The maximum Gasteiger partial charge on any atom is 0.229 e. The Morgan fingerprint density at radius 2 is 1.85 bits per heavy atom. The van der Waals surface area contributed by atoms with Gasteiger partial charge in [-0.1, -0.05) is 30.0 Å². The van der Waals surface area contributed by atoms with Gasteiger partial charge in [0.2, 0.25) is 11.9 Å². The van der Waals surface area contributed by atoms with Gasteiger partial charge in [-0.15, -0.1) is 10.2 Å². The molecule has 0 radical (unpaired) electrons. The van der Waals surface area contributed by atoms with E-state index in [9.17, 15) is 0 Å². The summed E-state index contributed by atoms with van der Waals surface area (Å²) >= 11 is 1.58. The number of rotatable bonds is 6. The monoisotopic (exact) mass is 382 g/mol. The number of hydrogen-bond donors (Lipinski definition) is 1. The number of aromatic nitrogens is 6. The number of nitrogen functional groups attached to an aromatic ring is 1. The van der Waals surface area contributed by atoms with Crippen molar-refractivity contribution in [2.45, 2.75) is 36.1 Å². The Balaban J connectivity index is 1.67. The van der Waals surface area contributed by atoms with E-state index in [4.69, 9.17) is 5.73 Å². The molecule has 0 aliphatic heterocycles. The van der Waals surface area contributed by atoms with Crippen LogP contribution in [0.5, 0.6) is 0 Å². The van der Waals surface area contributed by atoms with Crippen molar-refractivity contribution in [3.63, 3.8) is 0 Å². The fourth-order valence-electron chi connectivity index (χ4n) is 2.77. The first-order valence-corrected chi connectivity index (χ1v) is 9.77. The van der Waals surface area contributed by atoms with Gasteiger partial charge in [0.05, 0.1) is 5.25 Å². The van der Waals surface area contributed by atoms with Gasteiger partial charge in [0.25, 0.3) is 0 Å². The molecule has 0 saturated heterocycles. The van der Waals surface area contributed by atoms with Crippen LogP contribution in [0.15, 0.2) is 35.5 Å². The summed E-state index contributed by atoms with van der Waals surface area (Å²) in [5.74, 6) is 2.93. The zero-order chi connectivity index (χ0) is 19.0. The molecule has 1 aliphatic rings. The number of benzene rings is 1. The zero-order valence-electron chi connectivity index (χ0n) is 15.6. The van der Waals surface area contributed by atoms with Gasteiger partial charge in [0, 0.05) is 25.7 Å². The van der Waals surface area contributed by atoms with Gasteiger partial charge in [-0.2, -0.15) is 15.0 Å². The van der Waals surface area contributed by atoms with Crippen molar-refractivity contribution >= 4 is 23.7 Å². The quantitative estimate of drug-likeness (QED) is 0.650. The van der Waals surface area contributed by atoms with Crippen molar-refractivity contribution in [1.29, 1.82) is 0 Å². The Labute approximate surface area is 162 Å². The highest BCUT2D eigenvalue weighted by atomic mass is 32.2. The molecule has 2 aromatic heterocycles. The van der Waals surface area contributed by atoms with E-state index in [0.717, 1.165) is 16.7 Å². The van der Waals surface area contributed by atoms with E-state index in [-0.39, 0.29) is 11.2 Å². The molecule has 0 bridgehead atoms. The third-order valence-corrected chi connectivity index (χ3v) is 5.36. The van der Waals surface area contributed by atoms with Crippen LogP contribution in [0.25, 0.3) is 5.69 Å². The first-order chi connectivity index (χ1) is 13.0. The Hall–Kier alpha value is -2.68. The highest BCUT2D eigenvalue weighted by Gasteiger charge is 2.31. The van der Waals surface area contributed by atoms with Crippen LogP contribution in [-0.4, -0.2) is 43.8 Å². The molecule has 1 atom stereocenters. The summed E-state index contributed by atoms with van der Waals surface area (Å²) in [7, 11) is 3.76. The van der Waals surface area contributed by atoms with Gasteiger partial charge in [-0.05, 0) is 31.9 Å². The summed E-state index contributed by atoms with van der Waals surface area (Å²) < 4.78 is 2.15. The third kappa shape index (κ3) is 3.73. The number of nitrogens with two attached hydrogens (primary N) is 1. The van der Waals surface area contributed by atoms with E-state index in [2.05, 4.69) is 41.8 Å². The smallest absolute Gasteiger partial charge is 0.229 e. The second-order valence-electron chi connectivity index (χ2n) is 6.79. The zero-order valence-corrected chi connectivity index (χ0v) is 16.4. The highest BCUT2D eigenvalue weighted by Crippen LogP contribution is 2.42. The molecular weight excluding hydrogens is 360 g/mol. The molecule has 1 fully saturated rings. The van der Waals surface area contributed by atoms with Crippen molar-refractivity contribution in [2.75, 3.05) is 24.7 Å². The van der Waals surface area contributed by atoms with Crippen molar-refractivity contribution in [3.8, 4) is 5.69 Å². The summed E-state index contributed by atoms with van der Waals surface area (Å²) in [6, 6.07) is 10.2. The maximum atomic E-state index is 5.87. The van der Waals surface area contributed by atoms with E-state index < -0.39 is 0 Å². The molecule has 140 valence electrons. The summed E-state index contributed by atoms with van der Waals surface area (Å²) in [6.45, 7) is 2.04. The number of nitrogens with zero attached hydrogens (tertiary/aromatic N) is 7. The average Bonchev–Trinajstić information content (AvgIpc) is 3.42. The van der Waals surface area contributed by atoms with Crippen LogP contribution in [0.3, 0.4) is 0 Å². The minimum absolute atomic E-state index is 0.0484. The predicted octanol–water partition coefficient (Wildman–Crippen LogP) is 2.83. The van der Waals surface area contributed by atoms with E-state index in [1.807, 2.05) is 44.1 Å². The number of para-hydroxylation sites is 1. The summed E-state index contributed by atoms with van der Waals surface area (Å²) in [5, 5.41) is 9.72. The molecule has 27 heavy (non-hydrogen) atoms. The second-order valence-corrected chi connectivity index (χ2v) is 8.10. The fraction of sp³-hybridized carbons (Fsp3) is 0.389. The Morgan fingerprint density at radius 3 is 2.52 bits per heavy atom. The minimum atomic E-state index is -0.0484. The normalized spacial score (nSPS) is 14.9. The van der Waals surface area contributed by atoms with E-state index in [0.29, 0.717) is 17.7 Å². The molecule has 1 saturated carbocycles. The Kier molecular flexibility index (Phi) is 4.69. The molecule has 1 aromatic carbocycles. The number of thioether (sulfide) groups is 1. The topological polar surface area (TPSA) is 98.6 Å². The summed E-state index contributed by atoms with van der Waals surface area (Å²) in [6.07, 6.45) is 2.34. The van der Waals surface area contributed by atoms with Gasteiger partial charge in [0.1, 0.15) is 11.6 Å². The highest BCUT2D eigenvalue weighted by molar-refractivity contribution is 7.99. The van der Waals surface area contributed by atoms with Crippen LogP contribution < -0.4 is 10.6 Å². The SMILES string of the molecule is C[C@@H](Sc1nnc(C2CC2)n1-c1ccccc1)c1nc(N)nc(N(C)C)n1. The lowest BCUT2D eigenvalue weighted by Crippen LogP contribution is -2.16. The minimum Gasteiger partial charge on any atom is -0.368 e. The molecule has 0 amide bonds. The van der Waals surface area contributed by atoms with Crippen molar-refractivity contribution < 1.29 is 0 Å². The van der Waals surface area contributed by atoms with Crippen molar-refractivity contribution in [3.05, 3.63) is 42.0 Å². The Morgan fingerprint density at radius 1 is 1.11 bits per heavy atom. The van der Waals surface area contributed by atoms with Gasteiger partial charge < -0.3 is 10.6 Å². The molecule has 0 spiro atoms. The fourth-order valence-corrected chi connectivity index (χ4v) is 3.69. The standard InChI is InChI=1S/C18H22N8S/c1-11(14-20-16(19)22-17(21-14)25(2)3)27-18-24-23-15(12-9-10-12)26(18)13-7-5-4-6-8-13/h4-8,11-12H,9-10H2,1-3H3,(H2,19,20,21,22)/t11-/m1/s1. The molecule has 2 N–H and O–H groups in total. The van der Waals surface area contributed by atoms with Gasteiger partial charge >= 0.3 is 0 Å². The van der Waals surface area contributed by atoms with Crippen LogP contribution in [0.2, 0.25) is 0 Å². The lowest BCUT2D eigenvalue weighted by molar-refractivity contribution is 0.818. The maximum absolute atomic E-state index is 5.87. The molecule has 8 nitrogen and oxygen atoms in total. The summed E-state index contributed by atoms with van der Waals surface area (Å²) in [5.41, 5.74) is 6.94. The summed E-state index contributed by atoms with van der Waals surface area (Å²) in [4.78, 5) is 14.8. The Bertz CT molecular complexity index is 936. The molecular formula is C18H22N8S. The van der Waals surface area contributed by atoms with E-state index in [1.54, 1.807) is 11.8 Å². The average molecular weight is 382 g/mol. The largest absolute Gasteiger partial charge is 0.368 e. The lowest BCUT2D eigenvalue weighted by atomic mass is 10.3. The molecule has 9 heteroatoms. The van der Waals surface area contributed by atoms with Gasteiger partial charge in [0.15, 0.2) is 5.16 Å². The van der Waals surface area contributed by atoms with Crippen LogP contribution in [-0.2, 0) is 0 Å². The first-order valence-electron chi connectivity index (χ1n) is 8.89. The van der Waals surface area contributed by atoms with Crippen LogP contribution in [0, 0.1) is 0 Å². The molecule has 1 aliphatic carbocycles. The predicted molar refractivity (Wildman–Crippen MR) is 106 cm³/mol. The van der Waals surface area contributed by atoms with E-state index in [1.165, 1.54) is 12.8 Å². The molecule has 3 aromatic rings. The molecule has 2 heterocycles. The second kappa shape index (κ2) is 7.15. The lowest BCUT2D eigenvalue weighted by Gasteiger charge is -2.15. The van der Waals surface area contributed by atoms with Crippen LogP contribution in [0.4, 0.5) is 11.9 Å². The molecule has 0 unspecified atom stereocenters.